The zero-order valence-electron chi connectivity index (χ0n) is 11.1. The van der Waals surface area contributed by atoms with Crippen molar-refractivity contribution in [1.29, 1.82) is 0 Å². The molecule has 0 aromatic heterocycles. The molecule has 2 rings (SSSR count). The Kier molecular flexibility index (Phi) is 4.39. The highest BCUT2D eigenvalue weighted by Gasteiger charge is 2.25. The summed E-state index contributed by atoms with van der Waals surface area (Å²) in [5, 5.41) is 20.5. The van der Waals surface area contributed by atoms with E-state index in [4.69, 9.17) is 5.11 Å². The molecule has 0 heterocycles. The lowest BCUT2D eigenvalue weighted by molar-refractivity contribution is 0.0694. The lowest BCUT2D eigenvalue weighted by atomic mass is 10.1. The van der Waals surface area contributed by atoms with E-state index >= 15 is 0 Å². The zero-order chi connectivity index (χ0) is 17.3. The number of carbonyl (C=O) groups is 1. The van der Waals surface area contributed by atoms with Crippen molar-refractivity contribution in [2.24, 2.45) is 0 Å². The number of anilines is 1. The van der Waals surface area contributed by atoms with E-state index in [9.17, 15) is 31.9 Å². The molecule has 0 aliphatic rings. The summed E-state index contributed by atoms with van der Waals surface area (Å²) in [6.45, 7) is -0.782. The first-order valence-corrected chi connectivity index (χ1v) is 6.04. The molecule has 0 radical (unpaired) electrons. The van der Waals surface area contributed by atoms with Gasteiger partial charge in [-0.15, -0.1) is 0 Å². The van der Waals surface area contributed by atoms with Crippen molar-refractivity contribution in [3.8, 4) is 5.75 Å². The molecule has 0 aliphatic heterocycles. The van der Waals surface area contributed by atoms with Crippen LogP contribution in [0.2, 0.25) is 0 Å². The van der Waals surface area contributed by atoms with Crippen molar-refractivity contribution >= 4 is 11.7 Å². The number of rotatable bonds is 4. The van der Waals surface area contributed by atoms with E-state index in [1.807, 2.05) is 0 Å². The Labute approximate surface area is 125 Å². The summed E-state index contributed by atoms with van der Waals surface area (Å²) in [5.41, 5.74) is -1.58. The highest BCUT2D eigenvalue weighted by Crippen LogP contribution is 2.25. The molecule has 0 fully saturated rings. The van der Waals surface area contributed by atoms with Gasteiger partial charge >= 0.3 is 5.97 Å². The summed E-state index contributed by atoms with van der Waals surface area (Å²) in [5.74, 6) is -12.4. The summed E-state index contributed by atoms with van der Waals surface area (Å²) in [4.78, 5) is 10.8. The summed E-state index contributed by atoms with van der Waals surface area (Å²) in [6.07, 6.45) is 0. The molecule has 4 nitrogen and oxygen atoms in total. The molecule has 0 saturated heterocycles. The molecule has 9 heteroatoms. The van der Waals surface area contributed by atoms with E-state index in [0.717, 1.165) is 12.1 Å². The van der Waals surface area contributed by atoms with Gasteiger partial charge in [-0.2, -0.15) is 0 Å². The zero-order valence-corrected chi connectivity index (χ0v) is 11.1. The Balaban J connectivity index is 2.32. The highest BCUT2D eigenvalue weighted by atomic mass is 19.2. The minimum absolute atomic E-state index is 0.00383. The molecule has 0 amide bonds. The lowest BCUT2D eigenvalue weighted by Gasteiger charge is -2.11. The van der Waals surface area contributed by atoms with Gasteiger partial charge in [-0.05, 0) is 18.2 Å². The Morgan fingerprint density at radius 2 is 1.48 bits per heavy atom. The smallest absolute Gasteiger partial charge is 0.339 e. The second kappa shape index (κ2) is 6.11. The Morgan fingerprint density at radius 1 is 0.957 bits per heavy atom. The topological polar surface area (TPSA) is 69.6 Å². The van der Waals surface area contributed by atoms with Crippen LogP contribution < -0.4 is 5.32 Å². The molecular weight excluding hydrogens is 325 g/mol. The standard InChI is InChI=1S/C14H8F5NO3/c15-9-7(10(16)12(18)13(19)11(9)17)4-20-5-1-2-8(21)6(3-5)14(22)23/h1-3,20-21H,4H2,(H,22,23). The number of hydrogen-bond acceptors (Lipinski definition) is 3. The Morgan fingerprint density at radius 3 is 2.00 bits per heavy atom. The van der Waals surface area contributed by atoms with E-state index in [1.165, 1.54) is 6.07 Å². The number of benzene rings is 2. The van der Waals surface area contributed by atoms with Gasteiger partial charge in [0.05, 0.1) is 0 Å². The fourth-order valence-electron chi connectivity index (χ4n) is 1.81. The van der Waals surface area contributed by atoms with E-state index < -0.39 is 58.5 Å². The van der Waals surface area contributed by atoms with Crippen molar-refractivity contribution in [3.63, 3.8) is 0 Å². The van der Waals surface area contributed by atoms with Crippen LogP contribution in [-0.4, -0.2) is 16.2 Å². The first-order chi connectivity index (χ1) is 10.7. The molecule has 0 unspecified atom stereocenters. The SMILES string of the molecule is O=C(O)c1cc(NCc2c(F)c(F)c(F)c(F)c2F)ccc1O. The fraction of sp³-hybridized carbons (Fsp3) is 0.0714. The van der Waals surface area contributed by atoms with Crippen LogP contribution in [0.3, 0.4) is 0 Å². The van der Waals surface area contributed by atoms with E-state index in [1.54, 1.807) is 0 Å². The van der Waals surface area contributed by atoms with E-state index in [2.05, 4.69) is 5.32 Å². The molecule has 0 aliphatic carbocycles. The molecule has 122 valence electrons. The first-order valence-electron chi connectivity index (χ1n) is 6.04. The molecule has 2 aromatic carbocycles. The monoisotopic (exact) mass is 333 g/mol. The average molecular weight is 333 g/mol. The van der Waals surface area contributed by atoms with Gasteiger partial charge in [0.25, 0.3) is 0 Å². The first kappa shape index (κ1) is 16.5. The van der Waals surface area contributed by atoms with Crippen LogP contribution in [-0.2, 0) is 6.54 Å². The van der Waals surface area contributed by atoms with Gasteiger partial charge in [-0.1, -0.05) is 0 Å². The van der Waals surface area contributed by atoms with E-state index in [-0.39, 0.29) is 5.69 Å². The minimum atomic E-state index is -2.26. The average Bonchev–Trinajstić information content (AvgIpc) is 2.52. The van der Waals surface area contributed by atoms with Gasteiger partial charge in [0, 0.05) is 17.8 Å². The van der Waals surface area contributed by atoms with Gasteiger partial charge in [0.2, 0.25) is 5.82 Å². The molecule has 0 atom stereocenters. The predicted octanol–water partition coefficient (Wildman–Crippen LogP) is 3.40. The van der Waals surface area contributed by atoms with Crippen LogP contribution in [0.15, 0.2) is 18.2 Å². The number of aromatic carboxylic acids is 1. The quantitative estimate of drug-likeness (QED) is 0.347. The maximum Gasteiger partial charge on any atom is 0.339 e. The van der Waals surface area contributed by atoms with Crippen molar-refractivity contribution in [2.45, 2.75) is 6.54 Å². The Hall–Kier alpha value is -2.84. The van der Waals surface area contributed by atoms with Crippen LogP contribution in [0.4, 0.5) is 27.6 Å². The van der Waals surface area contributed by atoms with Crippen LogP contribution in [0.1, 0.15) is 15.9 Å². The van der Waals surface area contributed by atoms with Crippen LogP contribution in [0.5, 0.6) is 5.75 Å². The third kappa shape index (κ3) is 3.03. The number of hydrogen-bond donors (Lipinski definition) is 3. The predicted molar refractivity (Wildman–Crippen MR) is 68.6 cm³/mol. The normalized spacial score (nSPS) is 10.7. The van der Waals surface area contributed by atoms with E-state index in [0.29, 0.717) is 0 Å². The van der Waals surface area contributed by atoms with Crippen molar-refractivity contribution in [3.05, 3.63) is 58.4 Å². The van der Waals surface area contributed by atoms with Gasteiger partial charge in [-0.25, -0.2) is 26.7 Å². The number of phenols is 1. The number of halogens is 5. The highest BCUT2D eigenvalue weighted by molar-refractivity contribution is 5.91. The summed E-state index contributed by atoms with van der Waals surface area (Å²) < 4.78 is 66.0. The van der Waals surface area contributed by atoms with Crippen LogP contribution >= 0.6 is 0 Å². The molecule has 0 spiro atoms. The van der Waals surface area contributed by atoms with Crippen molar-refractivity contribution < 1.29 is 37.0 Å². The lowest BCUT2D eigenvalue weighted by Crippen LogP contribution is -2.11. The fourth-order valence-corrected chi connectivity index (χ4v) is 1.81. The van der Waals surface area contributed by atoms with Crippen LogP contribution in [0, 0.1) is 29.1 Å². The van der Waals surface area contributed by atoms with Crippen molar-refractivity contribution in [2.75, 3.05) is 5.32 Å². The van der Waals surface area contributed by atoms with Crippen molar-refractivity contribution in [1.82, 2.24) is 0 Å². The molecule has 23 heavy (non-hydrogen) atoms. The molecule has 0 saturated carbocycles. The molecule has 0 bridgehead atoms. The third-order valence-electron chi connectivity index (χ3n) is 3.00. The maximum atomic E-state index is 13.5. The third-order valence-corrected chi connectivity index (χ3v) is 3.00. The summed E-state index contributed by atoms with van der Waals surface area (Å²) in [7, 11) is 0. The number of nitrogens with one attached hydrogen (secondary N) is 1. The molecule has 2 aromatic rings. The van der Waals surface area contributed by atoms with Gasteiger partial charge in [0.1, 0.15) is 11.3 Å². The van der Waals surface area contributed by atoms with Gasteiger partial charge in [-0.3, -0.25) is 0 Å². The second-order valence-corrected chi connectivity index (χ2v) is 4.44. The second-order valence-electron chi connectivity index (χ2n) is 4.44. The minimum Gasteiger partial charge on any atom is -0.507 e. The van der Waals surface area contributed by atoms with Gasteiger partial charge in [0.15, 0.2) is 23.3 Å². The Bertz CT molecular complexity index is 765. The summed E-state index contributed by atoms with van der Waals surface area (Å²) >= 11 is 0. The summed E-state index contributed by atoms with van der Waals surface area (Å²) in [6, 6.07) is 3.13. The molecule has 3 N–H and O–H groups in total. The van der Waals surface area contributed by atoms with Gasteiger partial charge < -0.3 is 15.5 Å². The number of aromatic hydroxyl groups is 1. The maximum absolute atomic E-state index is 13.5. The number of carboxylic acids is 1. The molecular formula is C14H8F5NO3. The van der Waals surface area contributed by atoms with Crippen LogP contribution in [0.25, 0.3) is 0 Å². The number of carboxylic acid groups (broad SMARTS) is 1. The largest absolute Gasteiger partial charge is 0.507 e.